The highest BCUT2D eigenvalue weighted by atomic mass is 35.5. The van der Waals surface area contributed by atoms with Crippen LogP contribution in [0.3, 0.4) is 0 Å². The molecule has 0 aliphatic heterocycles. The van der Waals surface area contributed by atoms with Gasteiger partial charge in [0.1, 0.15) is 0 Å². The normalized spacial score (nSPS) is 11.2. The van der Waals surface area contributed by atoms with Crippen LogP contribution in [0.5, 0.6) is 0 Å². The standard InChI is InChI=1S/C16H14ClFN2/c1-10-5-6-12(11(2)8-10)15-14(9-17)20-7-3-4-13(18)16(20)19-15/h3-8H,9H2,1-2H3. The number of hydrogen-bond acceptors (Lipinski definition) is 1. The van der Waals surface area contributed by atoms with Crippen molar-refractivity contribution >= 4 is 17.2 Å². The second-order valence-corrected chi connectivity index (χ2v) is 5.18. The molecule has 20 heavy (non-hydrogen) atoms. The van der Waals surface area contributed by atoms with Crippen LogP contribution < -0.4 is 0 Å². The molecule has 0 fully saturated rings. The largest absolute Gasteiger partial charge is 0.300 e. The predicted molar refractivity (Wildman–Crippen MR) is 79.6 cm³/mol. The Balaban J connectivity index is 2.33. The van der Waals surface area contributed by atoms with Crippen LogP contribution in [0.2, 0.25) is 0 Å². The molecule has 0 bridgehead atoms. The van der Waals surface area contributed by atoms with Crippen LogP contribution in [-0.2, 0) is 5.88 Å². The highest BCUT2D eigenvalue weighted by Gasteiger charge is 2.16. The summed E-state index contributed by atoms with van der Waals surface area (Å²) < 4.78 is 15.6. The molecule has 0 amide bonds. The zero-order valence-electron chi connectivity index (χ0n) is 11.3. The van der Waals surface area contributed by atoms with Crippen molar-refractivity contribution in [3.05, 3.63) is 59.2 Å². The summed E-state index contributed by atoms with van der Waals surface area (Å²) in [6.45, 7) is 4.07. The number of halogens is 2. The molecule has 0 unspecified atom stereocenters. The molecule has 3 aromatic rings. The predicted octanol–water partition coefficient (Wildman–Crippen LogP) is 4.50. The fraction of sp³-hybridized carbons (Fsp3) is 0.188. The molecule has 0 saturated heterocycles. The number of alkyl halides is 1. The molecule has 102 valence electrons. The lowest BCUT2D eigenvalue weighted by Gasteiger charge is -2.06. The lowest BCUT2D eigenvalue weighted by molar-refractivity contribution is 0.629. The lowest BCUT2D eigenvalue weighted by atomic mass is 10.0. The number of pyridine rings is 1. The topological polar surface area (TPSA) is 17.3 Å². The summed E-state index contributed by atoms with van der Waals surface area (Å²) in [6, 6.07) is 9.20. The number of imidazole rings is 1. The highest BCUT2D eigenvalue weighted by Crippen LogP contribution is 2.29. The second-order valence-electron chi connectivity index (χ2n) is 4.91. The van der Waals surface area contributed by atoms with Crippen molar-refractivity contribution in [2.75, 3.05) is 0 Å². The van der Waals surface area contributed by atoms with E-state index in [1.807, 2.05) is 26.0 Å². The van der Waals surface area contributed by atoms with Crippen molar-refractivity contribution in [2.45, 2.75) is 19.7 Å². The van der Waals surface area contributed by atoms with Crippen LogP contribution >= 0.6 is 11.6 Å². The molecule has 2 aromatic heterocycles. The quantitative estimate of drug-likeness (QED) is 0.635. The van der Waals surface area contributed by atoms with Gasteiger partial charge in [-0.1, -0.05) is 23.8 Å². The molecular weight excluding hydrogens is 275 g/mol. The third kappa shape index (κ3) is 1.98. The second kappa shape index (κ2) is 4.91. The average molecular weight is 289 g/mol. The van der Waals surface area contributed by atoms with Crippen molar-refractivity contribution in [2.24, 2.45) is 0 Å². The van der Waals surface area contributed by atoms with Crippen LogP contribution in [0.1, 0.15) is 16.8 Å². The summed E-state index contributed by atoms with van der Waals surface area (Å²) in [7, 11) is 0. The number of aryl methyl sites for hydroxylation is 2. The molecule has 2 heterocycles. The SMILES string of the molecule is Cc1ccc(-c2nc3c(F)cccn3c2CCl)c(C)c1. The number of rotatable bonds is 2. The number of nitrogens with zero attached hydrogens (tertiary/aromatic N) is 2. The minimum atomic E-state index is -0.338. The Morgan fingerprint density at radius 2 is 2.05 bits per heavy atom. The smallest absolute Gasteiger partial charge is 0.174 e. The van der Waals surface area contributed by atoms with E-state index in [1.54, 1.807) is 16.7 Å². The first-order valence-corrected chi connectivity index (χ1v) is 6.94. The van der Waals surface area contributed by atoms with E-state index < -0.39 is 0 Å². The number of benzene rings is 1. The van der Waals surface area contributed by atoms with Gasteiger partial charge in [0.15, 0.2) is 11.5 Å². The zero-order valence-corrected chi connectivity index (χ0v) is 12.1. The summed E-state index contributed by atoms with van der Waals surface area (Å²) >= 11 is 6.05. The first kappa shape index (κ1) is 13.1. The van der Waals surface area contributed by atoms with E-state index in [9.17, 15) is 4.39 Å². The molecule has 2 nitrogen and oxygen atoms in total. The van der Waals surface area contributed by atoms with Gasteiger partial charge in [0.2, 0.25) is 0 Å². The minimum absolute atomic E-state index is 0.285. The Kier molecular flexibility index (Phi) is 3.22. The molecule has 0 N–H and O–H groups in total. The zero-order chi connectivity index (χ0) is 14.3. The van der Waals surface area contributed by atoms with Crippen molar-refractivity contribution in [1.29, 1.82) is 0 Å². The molecule has 1 aromatic carbocycles. The van der Waals surface area contributed by atoms with E-state index in [-0.39, 0.29) is 11.7 Å². The van der Waals surface area contributed by atoms with Gasteiger partial charge in [0.05, 0.1) is 17.3 Å². The van der Waals surface area contributed by atoms with Gasteiger partial charge in [-0.2, -0.15) is 0 Å². The van der Waals surface area contributed by atoms with Crippen LogP contribution in [0, 0.1) is 19.7 Å². The molecular formula is C16H14ClFN2. The number of aromatic nitrogens is 2. The third-order valence-corrected chi connectivity index (χ3v) is 3.72. The fourth-order valence-corrected chi connectivity index (χ4v) is 2.76. The Morgan fingerprint density at radius 3 is 2.75 bits per heavy atom. The molecule has 0 saturated carbocycles. The van der Waals surface area contributed by atoms with Crippen LogP contribution in [0.25, 0.3) is 16.9 Å². The number of fused-ring (bicyclic) bond motifs is 1. The summed E-state index contributed by atoms with van der Waals surface area (Å²) in [5.41, 5.74) is 5.18. The van der Waals surface area contributed by atoms with Gasteiger partial charge >= 0.3 is 0 Å². The first-order chi connectivity index (χ1) is 9.61. The van der Waals surface area contributed by atoms with Gasteiger partial charge in [0.25, 0.3) is 0 Å². The monoisotopic (exact) mass is 288 g/mol. The first-order valence-electron chi connectivity index (χ1n) is 6.41. The molecule has 3 rings (SSSR count). The molecule has 0 atom stereocenters. The van der Waals surface area contributed by atoms with E-state index in [1.165, 1.54) is 11.6 Å². The Hall–Kier alpha value is -1.87. The Morgan fingerprint density at radius 1 is 1.25 bits per heavy atom. The van der Waals surface area contributed by atoms with Gasteiger partial charge in [-0.3, -0.25) is 4.40 Å². The third-order valence-electron chi connectivity index (χ3n) is 3.46. The number of hydrogen-bond donors (Lipinski definition) is 0. The molecule has 0 aliphatic carbocycles. The van der Waals surface area contributed by atoms with Gasteiger partial charge in [0, 0.05) is 11.8 Å². The van der Waals surface area contributed by atoms with Crippen molar-refractivity contribution in [1.82, 2.24) is 9.38 Å². The summed E-state index contributed by atoms with van der Waals surface area (Å²) in [6.07, 6.45) is 1.79. The summed E-state index contributed by atoms with van der Waals surface area (Å²) in [4.78, 5) is 4.45. The molecule has 4 heteroatoms. The molecule has 0 radical (unpaired) electrons. The van der Waals surface area contributed by atoms with Crippen LogP contribution in [0.15, 0.2) is 36.5 Å². The van der Waals surface area contributed by atoms with E-state index >= 15 is 0 Å². The van der Waals surface area contributed by atoms with Crippen LogP contribution in [0.4, 0.5) is 4.39 Å². The molecule has 0 spiro atoms. The average Bonchev–Trinajstić information content (AvgIpc) is 2.78. The Labute approximate surface area is 121 Å². The van der Waals surface area contributed by atoms with Gasteiger partial charge < -0.3 is 0 Å². The maximum absolute atomic E-state index is 13.9. The van der Waals surface area contributed by atoms with Gasteiger partial charge in [-0.15, -0.1) is 11.6 Å². The van der Waals surface area contributed by atoms with E-state index in [0.29, 0.717) is 5.65 Å². The highest BCUT2D eigenvalue weighted by molar-refractivity contribution is 6.17. The maximum Gasteiger partial charge on any atom is 0.174 e. The van der Waals surface area contributed by atoms with Crippen LogP contribution in [-0.4, -0.2) is 9.38 Å². The van der Waals surface area contributed by atoms with E-state index in [0.717, 1.165) is 22.5 Å². The van der Waals surface area contributed by atoms with Crippen molar-refractivity contribution in [3.8, 4) is 11.3 Å². The Bertz CT molecular complexity index is 793. The molecule has 0 aliphatic rings. The van der Waals surface area contributed by atoms with Gasteiger partial charge in [-0.25, -0.2) is 9.37 Å². The summed E-state index contributed by atoms with van der Waals surface area (Å²) in [5, 5.41) is 0. The fourth-order valence-electron chi connectivity index (χ4n) is 2.51. The summed E-state index contributed by atoms with van der Waals surface area (Å²) in [5.74, 6) is -0.0531. The van der Waals surface area contributed by atoms with Gasteiger partial charge in [-0.05, 0) is 31.5 Å². The van der Waals surface area contributed by atoms with Crippen molar-refractivity contribution < 1.29 is 4.39 Å². The van der Waals surface area contributed by atoms with E-state index in [2.05, 4.69) is 11.1 Å². The maximum atomic E-state index is 13.9. The van der Waals surface area contributed by atoms with E-state index in [4.69, 9.17) is 11.6 Å². The van der Waals surface area contributed by atoms with Crippen molar-refractivity contribution in [3.63, 3.8) is 0 Å². The lowest BCUT2D eigenvalue weighted by Crippen LogP contribution is -1.93. The minimum Gasteiger partial charge on any atom is -0.300 e.